The molecule has 1 aromatic rings. The fraction of sp³-hybridized carbons (Fsp3) is 0.500. The zero-order valence-corrected chi connectivity index (χ0v) is 10.2. The molecule has 1 aromatic carbocycles. The van der Waals surface area contributed by atoms with Gasteiger partial charge < -0.3 is 4.74 Å². The number of ether oxygens (including phenoxy) is 1. The summed E-state index contributed by atoms with van der Waals surface area (Å²) < 4.78 is 5.65. The molecule has 1 nitrogen and oxygen atoms in total. The summed E-state index contributed by atoms with van der Waals surface area (Å²) in [6, 6.07) is 4.41. The predicted molar refractivity (Wildman–Crippen MR) is 63.5 cm³/mol. The van der Waals surface area contributed by atoms with E-state index in [0.717, 1.165) is 18.8 Å². The topological polar surface area (TPSA) is 9.23 Å². The monoisotopic (exact) mass is 210 g/mol. The van der Waals surface area contributed by atoms with E-state index in [1.54, 1.807) is 11.8 Å². The maximum absolute atomic E-state index is 5.65. The molecule has 0 unspecified atom stereocenters. The Labute approximate surface area is 90.9 Å². The number of hydrogen-bond donors (Lipinski definition) is 0. The minimum atomic E-state index is 0.743. The van der Waals surface area contributed by atoms with Crippen molar-refractivity contribution in [2.24, 2.45) is 0 Å². The summed E-state index contributed by atoms with van der Waals surface area (Å²) in [5.74, 6) is 1.08. The maximum atomic E-state index is 5.65. The molecule has 0 amide bonds. The van der Waals surface area contributed by atoms with Crippen molar-refractivity contribution in [3.8, 4) is 5.75 Å². The van der Waals surface area contributed by atoms with Crippen LogP contribution in [0.3, 0.4) is 0 Å². The van der Waals surface area contributed by atoms with Crippen molar-refractivity contribution in [2.45, 2.75) is 32.1 Å². The molecule has 0 aromatic heterocycles. The molecule has 0 atom stereocenters. The quantitative estimate of drug-likeness (QED) is 0.701. The lowest BCUT2D eigenvalue weighted by atomic mass is 10.1. The summed E-state index contributed by atoms with van der Waals surface area (Å²) in [5.41, 5.74) is 2.56. The molecule has 78 valence electrons. The molecule has 0 N–H and O–H groups in total. The second-order valence-corrected chi connectivity index (χ2v) is 4.10. The standard InChI is InChI=1S/C12H18OS/c1-5-10-8-11(14-4)7-9(3)12(10)13-6-2/h7-8H,5-6H2,1-4H3. The van der Waals surface area contributed by atoms with E-state index in [1.807, 2.05) is 6.92 Å². The first kappa shape index (κ1) is 11.4. The molecule has 0 saturated heterocycles. The van der Waals surface area contributed by atoms with E-state index in [-0.39, 0.29) is 0 Å². The second-order valence-electron chi connectivity index (χ2n) is 3.22. The molecule has 1 rings (SSSR count). The fourth-order valence-corrected chi connectivity index (χ4v) is 2.10. The van der Waals surface area contributed by atoms with E-state index in [0.29, 0.717) is 0 Å². The van der Waals surface area contributed by atoms with Crippen LogP contribution in [0.5, 0.6) is 5.75 Å². The highest BCUT2D eigenvalue weighted by Crippen LogP contribution is 2.29. The molecule has 0 spiro atoms. The van der Waals surface area contributed by atoms with Gasteiger partial charge in [-0.3, -0.25) is 0 Å². The largest absolute Gasteiger partial charge is 0.493 e. The van der Waals surface area contributed by atoms with E-state index in [9.17, 15) is 0 Å². The summed E-state index contributed by atoms with van der Waals surface area (Å²) >= 11 is 1.78. The minimum absolute atomic E-state index is 0.743. The highest BCUT2D eigenvalue weighted by atomic mass is 32.2. The minimum Gasteiger partial charge on any atom is -0.493 e. The molecule has 0 bridgehead atoms. The second kappa shape index (κ2) is 5.30. The Hall–Kier alpha value is -0.630. The average molecular weight is 210 g/mol. The van der Waals surface area contributed by atoms with Gasteiger partial charge in [0.2, 0.25) is 0 Å². The number of aryl methyl sites for hydroxylation is 2. The van der Waals surface area contributed by atoms with Gasteiger partial charge in [-0.1, -0.05) is 6.92 Å². The molecule has 0 aliphatic heterocycles. The molecule has 0 heterocycles. The molecule has 0 aliphatic rings. The van der Waals surface area contributed by atoms with Crippen LogP contribution in [-0.2, 0) is 6.42 Å². The molecular formula is C12H18OS. The SMILES string of the molecule is CCOc1c(C)cc(SC)cc1CC. The molecule has 0 fully saturated rings. The van der Waals surface area contributed by atoms with Gasteiger partial charge in [0.05, 0.1) is 6.61 Å². The average Bonchev–Trinajstić information content (AvgIpc) is 2.20. The van der Waals surface area contributed by atoms with E-state index >= 15 is 0 Å². The predicted octanol–water partition coefficient (Wildman–Crippen LogP) is 3.68. The lowest BCUT2D eigenvalue weighted by molar-refractivity contribution is 0.334. The van der Waals surface area contributed by atoms with Gasteiger partial charge in [0.1, 0.15) is 5.75 Å². The van der Waals surface area contributed by atoms with Crippen LogP contribution in [0.1, 0.15) is 25.0 Å². The highest BCUT2D eigenvalue weighted by Gasteiger charge is 2.07. The molecular weight excluding hydrogens is 192 g/mol. The van der Waals surface area contributed by atoms with Crippen molar-refractivity contribution in [3.63, 3.8) is 0 Å². The third-order valence-electron chi connectivity index (χ3n) is 2.23. The van der Waals surface area contributed by atoms with Crippen molar-refractivity contribution >= 4 is 11.8 Å². The fourth-order valence-electron chi connectivity index (χ4n) is 1.54. The van der Waals surface area contributed by atoms with Gasteiger partial charge in [-0.15, -0.1) is 11.8 Å². The Morgan fingerprint density at radius 2 is 2.00 bits per heavy atom. The smallest absolute Gasteiger partial charge is 0.125 e. The Kier molecular flexibility index (Phi) is 4.33. The first-order valence-corrected chi connectivity index (χ1v) is 6.25. The first-order valence-electron chi connectivity index (χ1n) is 5.03. The molecule has 0 radical (unpaired) electrons. The lowest BCUT2D eigenvalue weighted by Gasteiger charge is -2.13. The Balaban J connectivity index is 3.13. The van der Waals surface area contributed by atoms with Gasteiger partial charge in [-0.25, -0.2) is 0 Å². The van der Waals surface area contributed by atoms with Crippen LogP contribution in [0.2, 0.25) is 0 Å². The number of rotatable bonds is 4. The van der Waals surface area contributed by atoms with Gasteiger partial charge in [0.15, 0.2) is 0 Å². The highest BCUT2D eigenvalue weighted by molar-refractivity contribution is 7.98. The van der Waals surface area contributed by atoms with Crippen LogP contribution in [-0.4, -0.2) is 12.9 Å². The van der Waals surface area contributed by atoms with Crippen LogP contribution >= 0.6 is 11.8 Å². The zero-order valence-electron chi connectivity index (χ0n) is 9.39. The van der Waals surface area contributed by atoms with Crippen molar-refractivity contribution < 1.29 is 4.74 Å². The van der Waals surface area contributed by atoms with Crippen molar-refractivity contribution in [1.29, 1.82) is 0 Å². The van der Waals surface area contributed by atoms with Crippen LogP contribution < -0.4 is 4.74 Å². The normalized spacial score (nSPS) is 10.3. The summed E-state index contributed by atoms with van der Waals surface area (Å²) in [6.45, 7) is 7.05. The van der Waals surface area contributed by atoms with Gasteiger partial charge in [0, 0.05) is 4.90 Å². The van der Waals surface area contributed by atoms with Crippen molar-refractivity contribution in [1.82, 2.24) is 0 Å². The van der Waals surface area contributed by atoms with Gasteiger partial charge in [-0.2, -0.15) is 0 Å². The number of benzene rings is 1. The van der Waals surface area contributed by atoms with E-state index in [2.05, 4.69) is 32.2 Å². The lowest BCUT2D eigenvalue weighted by Crippen LogP contribution is -1.98. The van der Waals surface area contributed by atoms with E-state index in [4.69, 9.17) is 4.74 Å². The van der Waals surface area contributed by atoms with Crippen molar-refractivity contribution in [2.75, 3.05) is 12.9 Å². The maximum Gasteiger partial charge on any atom is 0.125 e. The molecule has 2 heteroatoms. The van der Waals surface area contributed by atoms with Crippen LogP contribution in [0.15, 0.2) is 17.0 Å². The Morgan fingerprint density at radius 1 is 1.29 bits per heavy atom. The molecule has 0 saturated carbocycles. The number of thioether (sulfide) groups is 1. The van der Waals surface area contributed by atoms with Crippen molar-refractivity contribution in [3.05, 3.63) is 23.3 Å². The third kappa shape index (κ3) is 2.44. The third-order valence-corrected chi connectivity index (χ3v) is 2.94. The Bertz CT molecular complexity index is 307. The van der Waals surface area contributed by atoms with Gasteiger partial charge in [0.25, 0.3) is 0 Å². The first-order chi connectivity index (χ1) is 6.72. The van der Waals surface area contributed by atoms with Gasteiger partial charge >= 0.3 is 0 Å². The summed E-state index contributed by atoms with van der Waals surface area (Å²) in [5, 5.41) is 0. The summed E-state index contributed by atoms with van der Waals surface area (Å²) in [6.07, 6.45) is 3.14. The Morgan fingerprint density at radius 3 is 2.50 bits per heavy atom. The van der Waals surface area contributed by atoms with Crippen LogP contribution in [0.25, 0.3) is 0 Å². The molecule has 14 heavy (non-hydrogen) atoms. The number of hydrogen-bond acceptors (Lipinski definition) is 2. The zero-order chi connectivity index (χ0) is 10.6. The summed E-state index contributed by atoms with van der Waals surface area (Å²) in [7, 11) is 0. The summed E-state index contributed by atoms with van der Waals surface area (Å²) in [4.78, 5) is 1.32. The van der Waals surface area contributed by atoms with Crippen LogP contribution in [0.4, 0.5) is 0 Å². The van der Waals surface area contributed by atoms with Crippen LogP contribution in [0, 0.1) is 6.92 Å². The molecule has 0 aliphatic carbocycles. The van der Waals surface area contributed by atoms with Gasteiger partial charge in [-0.05, 0) is 49.8 Å². The van der Waals surface area contributed by atoms with E-state index < -0.39 is 0 Å². The van der Waals surface area contributed by atoms with E-state index in [1.165, 1.54) is 16.0 Å².